The number of aliphatic carboxylic acids is 1. The first-order chi connectivity index (χ1) is 8.83. The molecule has 0 unspecified atom stereocenters. The van der Waals surface area contributed by atoms with Gasteiger partial charge in [0.05, 0.1) is 11.6 Å². The molecule has 1 aromatic carbocycles. The highest BCUT2D eigenvalue weighted by Crippen LogP contribution is 2.24. The fraction of sp³-hybridized carbons (Fsp3) is 0.300. The molecule has 1 aromatic rings. The van der Waals surface area contributed by atoms with Gasteiger partial charge in [-0.25, -0.2) is 17.9 Å². The van der Waals surface area contributed by atoms with E-state index in [9.17, 15) is 13.2 Å². The molecule has 0 aliphatic carbocycles. The van der Waals surface area contributed by atoms with Crippen molar-refractivity contribution in [3.05, 3.63) is 28.2 Å². The Kier molecular flexibility index (Phi) is 6.02. The van der Waals surface area contributed by atoms with Crippen LogP contribution in [0, 0.1) is 0 Å². The molecule has 0 amide bonds. The predicted octanol–water partition coefficient (Wildman–Crippen LogP) is 1.37. The summed E-state index contributed by atoms with van der Waals surface area (Å²) in [6.45, 7) is -0.623. The molecule has 0 aliphatic rings. The van der Waals surface area contributed by atoms with Crippen molar-refractivity contribution in [2.75, 3.05) is 19.8 Å². The molecule has 0 radical (unpaired) electrons. The monoisotopic (exact) mass is 327 g/mol. The average Bonchev–Trinajstić information content (AvgIpc) is 2.31. The Morgan fingerprint density at radius 2 is 2.05 bits per heavy atom. The Morgan fingerprint density at radius 3 is 2.68 bits per heavy atom. The van der Waals surface area contributed by atoms with E-state index in [1.165, 1.54) is 18.2 Å². The molecule has 2 N–H and O–H groups in total. The minimum atomic E-state index is -3.81. The number of carboxylic acid groups (broad SMARTS) is 1. The zero-order chi connectivity index (χ0) is 14.5. The minimum absolute atomic E-state index is 0.0448. The molecule has 106 valence electrons. The summed E-state index contributed by atoms with van der Waals surface area (Å²) in [6.07, 6.45) is 0. The van der Waals surface area contributed by atoms with E-state index >= 15 is 0 Å². The van der Waals surface area contributed by atoms with Gasteiger partial charge < -0.3 is 9.84 Å². The summed E-state index contributed by atoms with van der Waals surface area (Å²) < 4.78 is 30.7. The molecule has 0 spiro atoms. The van der Waals surface area contributed by atoms with Gasteiger partial charge in [0.15, 0.2) is 0 Å². The van der Waals surface area contributed by atoms with Gasteiger partial charge in [0, 0.05) is 11.6 Å². The van der Waals surface area contributed by atoms with Gasteiger partial charge >= 0.3 is 5.97 Å². The van der Waals surface area contributed by atoms with Crippen LogP contribution in [-0.2, 0) is 19.6 Å². The van der Waals surface area contributed by atoms with Gasteiger partial charge in [0.1, 0.15) is 11.5 Å². The van der Waals surface area contributed by atoms with Crippen molar-refractivity contribution in [2.24, 2.45) is 0 Å². The molecule has 0 aliphatic heterocycles. The molecule has 0 aromatic heterocycles. The predicted molar refractivity (Wildman–Crippen MR) is 70.1 cm³/mol. The number of hydrogen-bond acceptors (Lipinski definition) is 4. The highest BCUT2D eigenvalue weighted by Gasteiger charge is 2.17. The number of nitrogens with one attached hydrogen (secondary N) is 1. The van der Waals surface area contributed by atoms with Crippen molar-refractivity contribution in [1.29, 1.82) is 0 Å². The fourth-order valence-electron chi connectivity index (χ4n) is 1.17. The van der Waals surface area contributed by atoms with Crippen molar-refractivity contribution in [2.45, 2.75) is 4.90 Å². The molecule has 6 nitrogen and oxygen atoms in total. The molecular weight excluding hydrogens is 317 g/mol. The molecule has 0 saturated heterocycles. The van der Waals surface area contributed by atoms with E-state index < -0.39 is 22.6 Å². The molecule has 0 heterocycles. The second-order valence-electron chi connectivity index (χ2n) is 3.42. The number of carboxylic acids is 1. The van der Waals surface area contributed by atoms with Crippen LogP contribution in [0.15, 0.2) is 23.1 Å². The van der Waals surface area contributed by atoms with E-state index in [2.05, 4.69) is 4.72 Å². The summed E-state index contributed by atoms with van der Waals surface area (Å²) in [5, 5.41) is 8.61. The molecule has 0 saturated carbocycles. The number of halogens is 2. The molecule has 0 atom stereocenters. The Bertz CT molecular complexity index is 561. The zero-order valence-corrected chi connectivity index (χ0v) is 11.9. The molecule has 19 heavy (non-hydrogen) atoms. The summed E-state index contributed by atoms with van der Waals surface area (Å²) in [5.74, 6) is -1.12. The third-order valence-corrected chi connectivity index (χ3v) is 4.12. The van der Waals surface area contributed by atoms with Gasteiger partial charge in [-0.1, -0.05) is 23.2 Å². The standard InChI is InChI=1S/C10H11Cl2NO5S/c11-7-1-2-8(12)9(5-7)19(16,17)13-3-4-18-6-10(14)15/h1-2,5,13H,3-4,6H2,(H,14,15). The lowest BCUT2D eigenvalue weighted by Crippen LogP contribution is -2.28. The molecule has 9 heteroatoms. The number of benzene rings is 1. The van der Waals surface area contributed by atoms with E-state index in [0.717, 1.165) is 0 Å². The Hall–Kier alpha value is -0.860. The average molecular weight is 328 g/mol. The summed E-state index contributed by atoms with van der Waals surface area (Å²) in [5.41, 5.74) is 0. The summed E-state index contributed by atoms with van der Waals surface area (Å²) in [4.78, 5) is 10.0. The Balaban J connectivity index is 2.61. The van der Waals surface area contributed by atoms with Crippen molar-refractivity contribution < 1.29 is 23.1 Å². The lowest BCUT2D eigenvalue weighted by atomic mass is 10.4. The Morgan fingerprint density at radius 1 is 1.37 bits per heavy atom. The first kappa shape index (κ1) is 16.2. The highest BCUT2D eigenvalue weighted by molar-refractivity contribution is 7.89. The maximum Gasteiger partial charge on any atom is 0.329 e. The first-order valence-corrected chi connectivity index (χ1v) is 7.31. The summed E-state index contributed by atoms with van der Waals surface area (Å²) in [7, 11) is -3.81. The van der Waals surface area contributed by atoms with Crippen LogP contribution in [0.4, 0.5) is 0 Å². The number of sulfonamides is 1. The maximum absolute atomic E-state index is 11.9. The van der Waals surface area contributed by atoms with Gasteiger partial charge in [-0.3, -0.25) is 0 Å². The summed E-state index contributed by atoms with van der Waals surface area (Å²) >= 11 is 11.5. The number of carbonyl (C=O) groups is 1. The number of rotatable bonds is 7. The minimum Gasteiger partial charge on any atom is -0.480 e. The van der Waals surface area contributed by atoms with Gasteiger partial charge in [-0.05, 0) is 18.2 Å². The van der Waals surface area contributed by atoms with Gasteiger partial charge in [0.25, 0.3) is 0 Å². The second-order valence-corrected chi connectivity index (χ2v) is 6.00. The molecule has 0 fully saturated rings. The lowest BCUT2D eigenvalue weighted by molar-refractivity contribution is -0.142. The van der Waals surface area contributed by atoms with E-state index in [1.54, 1.807) is 0 Å². The van der Waals surface area contributed by atoms with Crippen molar-refractivity contribution >= 4 is 39.2 Å². The lowest BCUT2D eigenvalue weighted by Gasteiger charge is -2.08. The highest BCUT2D eigenvalue weighted by atomic mass is 35.5. The van der Waals surface area contributed by atoms with Crippen LogP contribution in [0.25, 0.3) is 0 Å². The van der Waals surface area contributed by atoms with Crippen molar-refractivity contribution in [3.63, 3.8) is 0 Å². The SMILES string of the molecule is O=C(O)COCCNS(=O)(=O)c1cc(Cl)ccc1Cl. The van der Waals surface area contributed by atoms with Crippen LogP contribution in [0.5, 0.6) is 0 Å². The molecule has 1 rings (SSSR count). The maximum atomic E-state index is 11.9. The molecule has 0 bridgehead atoms. The van der Waals surface area contributed by atoms with Crippen molar-refractivity contribution in [1.82, 2.24) is 4.72 Å². The number of hydrogen-bond donors (Lipinski definition) is 2. The third-order valence-electron chi connectivity index (χ3n) is 1.95. The second kappa shape index (κ2) is 7.06. The third kappa shape index (κ3) is 5.33. The van der Waals surface area contributed by atoms with Gasteiger partial charge in [-0.15, -0.1) is 0 Å². The van der Waals surface area contributed by atoms with Gasteiger partial charge in [-0.2, -0.15) is 0 Å². The zero-order valence-electron chi connectivity index (χ0n) is 9.60. The van der Waals surface area contributed by atoms with Crippen LogP contribution in [0.2, 0.25) is 10.0 Å². The van der Waals surface area contributed by atoms with Crippen LogP contribution >= 0.6 is 23.2 Å². The Labute approximate surface area is 120 Å². The molecular formula is C10H11Cl2NO5S. The quantitative estimate of drug-likeness (QED) is 0.738. The van der Waals surface area contributed by atoms with E-state index in [1.807, 2.05) is 0 Å². The number of ether oxygens (including phenoxy) is 1. The topological polar surface area (TPSA) is 92.7 Å². The van der Waals surface area contributed by atoms with E-state index in [-0.39, 0.29) is 28.1 Å². The van der Waals surface area contributed by atoms with Crippen LogP contribution in [0.1, 0.15) is 0 Å². The van der Waals surface area contributed by atoms with Gasteiger partial charge in [0.2, 0.25) is 10.0 Å². The van der Waals surface area contributed by atoms with Crippen LogP contribution < -0.4 is 4.72 Å². The fourth-order valence-corrected chi connectivity index (χ4v) is 2.94. The smallest absolute Gasteiger partial charge is 0.329 e. The van der Waals surface area contributed by atoms with Crippen LogP contribution in [0.3, 0.4) is 0 Å². The van der Waals surface area contributed by atoms with E-state index in [0.29, 0.717) is 0 Å². The van der Waals surface area contributed by atoms with Crippen molar-refractivity contribution in [3.8, 4) is 0 Å². The normalized spacial score (nSPS) is 11.5. The first-order valence-electron chi connectivity index (χ1n) is 5.07. The van der Waals surface area contributed by atoms with E-state index in [4.69, 9.17) is 33.0 Å². The van der Waals surface area contributed by atoms with Crippen LogP contribution in [-0.4, -0.2) is 39.3 Å². The largest absolute Gasteiger partial charge is 0.480 e. The summed E-state index contributed by atoms with van der Waals surface area (Å²) in [6, 6.07) is 4.07.